The molecule has 15 heavy (non-hydrogen) atoms. The van der Waals surface area contributed by atoms with Crippen LogP contribution in [0.3, 0.4) is 0 Å². The van der Waals surface area contributed by atoms with Crippen molar-refractivity contribution in [2.24, 2.45) is 0 Å². The first-order valence-corrected chi connectivity index (χ1v) is 5.78. The number of carbonyl (C=O) groups is 1. The summed E-state index contributed by atoms with van der Waals surface area (Å²) in [6, 6.07) is 0. The standard InChI is InChI=1S/C9H13N3O2S/c1-6-10-11-8(15-5-7(13)14)12(6)9(2)3-4-9/h3-5H2,1-2H3,(H,13,14). The molecule has 1 aliphatic carbocycles. The van der Waals surface area contributed by atoms with Crippen LogP contribution in [0.2, 0.25) is 0 Å². The predicted octanol–water partition coefficient (Wildman–Crippen LogP) is 1.27. The highest BCUT2D eigenvalue weighted by atomic mass is 32.2. The first-order chi connectivity index (χ1) is 7.03. The van der Waals surface area contributed by atoms with E-state index in [4.69, 9.17) is 5.11 Å². The van der Waals surface area contributed by atoms with E-state index in [0.717, 1.165) is 23.8 Å². The first-order valence-electron chi connectivity index (χ1n) is 4.80. The van der Waals surface area contributed by atoms with Gasteiger partial charge in [0.1, 0.15) is 5.82 Å². The van der Waals surface area contributed by atoms with Gasteiger partial charge in [-0.05, 0) is 26.7 Å². The summed E-state index contributed by atoms with van der Waals surface area (Å²) < 4.78 is 2.06. The molecule has 1 heterocycles. The van der Waals surface area contributed by atoms with Gasteiger partial charge in [-0.2, -0.15) is 0 Å². The third kappa shape index (κ3) is 1.99. The van der Waals surface area contributed by atoms with Crippen LogP contribution >= 0.6 is 11.8 Å². The highest BCUT2D eigenvalue weighted by Crippen LogP contribution is 2.45. The normalized spacial score (nSPS) is 17.7. The Kier molecular flexibility index (Phi) is 2.46. The van der Waals surface area contributed by atoms with Crippen LogP contribution in [-0.4, -0.2) is 31.6 Å². The van der Waals surface area contributed by atoms with Crippen LogP contribution in [-0.2, 0) is 10.3 Å². The SMILES string of the molecule is Cc1nnc(SCC(=O)O)n1C1(C)CC1. The van der Waals surface area contributed by atoms with Gasteiger partial charge < -0.3 is 9.67 Å². The molecule has 0 amide bonds. The Morgan fingerprint density at radius 3 is 2.80 bits per heavy atom. The van der Waals surface area contributed by atoms with Crippen LogP contribution in [0.5, 0.6) is 0 Å². The van der Waals surface area contributed by atoms with Gasteiger partial charge in [-0.3, -0.25) is 4.79 Å². The van der Waals surface area contributed by atoms with Crippen molar-refractivity contribution in [2.75, 3.05) is 5.75 Å². The fourth-order valence-corrected chi connectivity index (χ4v) is 2.42. The van der Waals surface area contributed by atoms with Crippen molar-refractivity contribution >= 4 is 17.7 Å². The van der Waals surface area contributed by atoms with Crippen LogP contribution in [0.25, 0.3) is 0 Å². The summed E-state index contributed by atoms with van der Waals surface area (Å²) in [5, 5.41) is 17.3. The van der Waals surface area contributed by atoms with Crippen molar-refractivity contribution in [3.63, 3.8) is 0 Å². The van der Waals surface area contributed by atoms with Crippen molar-refractivity contribution in [3.05, 3.63) is 5.82 Å². The number of aliphatic carboxylic acids is 1. The minimum Gasteiger partial charge on any atom is -0.481 e. The lowest BCUT2D eigenvalue weighted by atomic mass is 10.3. The fraction of sp³-hybridized carbons (Fsp3) is 0.667. The lowest BCUT2D eigenvalue weighted by Crippen LogP contribution is -2.15. The third-order valence-corrected chi connectivity index (χ3v) is 3.55. The van der Waals surface area contributed by atoms with Crippen molar-refractivity contribution < 1.29 is 9.90 Å². The molecule has 0 aliphatic heterocycles. The molecule has 1 saturated carbocycles. The Hall–Kier alpha value is -1.04. The zero-order valence-corrected chi connectivity index (χ0v) is 9.54. The van der Waals surface area contributed by atoms with Gasteiger partial charge in [-0.25, -0.2) is 0 Å². The summed E-state index contributed by atoms with van der Waals surface area (Å²) >= 11 is 1.23. The van der Waals surface area contributed by atoms with Crippen LogP contribution in [0, 0.1) is 6.92 Å². The van der Waals surface area contributed by atoms with E-state index in [1.165, 1.54) is 11.8 Å². The highest BCUT2D eigenvalue weighted by molar-refractivity contribution is 7.99. The Bertz CT molecular complexity index is 398. The summed E-state index contributed by atoms with van der Waals surface area (Å²) in [6.45, 7) is 4.05. The predicted molar refractivity (Wildman–Crippen MR) is 56.0 cm³/mol. The van der Waals surface area contributed by atoms with E-state index in [0.29, 0.717) is 0 Å². The Labute approximate surface area is 91.9 Å². The van der Waals surface area contributed by atoms with Crippen LogP contribution in [0.1, 0.15) is 25.6 Å². The number of carboxylic acids is 1. The molecule has 1 fully saturated rings. The zero-order chi connectivity index (χ0) is 11.1. The maximum absolute atomic E-state index is 10.5. The van der Waals surface area contributed by atoms with Crippen molar-refractivity contribution in [1.29, 1.82) is 0 Å². The second-order valence-electron chi connectivity index (χ2n) is 4.04. The molecule has 5 nitrogen and oxygen atoms in total. The largest absolute Gasteiger partial charge is 0.481 e. The quantitative estimate of drug-likeness (QED) is 0.784. The minimum atomic E-state index is -0.826. The molecule has 0 saturated heterocycles. The summed E-state index contributed by atoms with van der Waals surface area (Å²) in [4.78, 5) is 10.5. The van der Waals surface area contributed by atoms with E-state index in [1.807, 2.05) is 6.92 Å². The Morgan fingerprint density at radius 1 is 1.60 bits per heavy atom. The molecule has 1 aliphatic rings. The maximum atomic E-state index is 10.5. The van der Waals surface area contributed by atoms with Gasteiger partial charge >= 0.3 is 5.97 Å². The molecular weight excluding hydrogens is 214 g/mol. The molecule has 0 radical (unpaired) electrons. The van der Waals surface area contributed by atoms with Gasteiger partial charge in [0.05, 0.1) is 5.75 Å². The van der Waals surface area contributed by atoms with Crippen LogP contribution < -0.4 is 0 Å². The summed E-state index contributed by atoms with van der Waals surface area (Å²) in [5.41, 5.74) is 0.119. The average Bonchev–Trinajstić information content (AvgIpc) is 2.76. The Balaban J connectivity index is 2.20. The molecular formula is C9H13N3O2S. The van der Waals surface area contributed by atoms with Crippen molar-refractivity contribution in [1.82, 2.24) is 14.8 Å². The number of hydrogen-bond donors (Lipinski definition) is 1. The second-order valence-corrected chi connectivity index (χ2v) is 4.99. The second kappa shape index (κ2) is 3.52. The van der Waals surface area contributed by atoms with E-state index in [1.54, 1.807) is 0 Å². The molecule has 1 aromatic heterocycles. The summed E-state index contributed by atoms with van der Waals surface area (Å²) in [6.07, 6.45) is 2.24. The number of hydrogen-bond acceptors (Lipinski definition) is 4. The Morgan fingerprint density at radius 2 is 2.27 bits per heavy atom. The molecule has 2 rings (SSSR count). The number of aromatic nitrogens is 3. The first kappa shape index (κ1) is 10.5. The van der Waals surface area contributed by atoms with Crippen LogP contribution in [0.15, 0.2) is 5.16 Å². The van der Waals surface area contributed by atoms with Gasteiger partial charge in [-0.15, -0.1) is 10.2 Å². The van der Waals surface area contributed by atoms with Crippen LogP contribution in [0.4, 0.5) is 0 Å². The van der Waals surface area contributed by atoms with Crippen molar-refractivity contribution in [2.45, 2.75) is 37.4 Å². The molecule has 1 aromatic rings. The van der Waals surface area contributed by atoms with Gasteiger partial charge in [0.2, 0.25) is 0 Å². The monoisotopic (exact) mass is 227 g/mol. The highest BCUT2D eigenvalue weighted by Gasteiger charge is 2.42. The van der Waals surface area contributed by atoms with Gasteiger partial charge in [-0.1, -0.05) is 11.8 Å². The molecule has 82 valence electrons. The lowest BCUT2D eigenvalue weighted by molar-refractivity contribution is -0.133. The maximum Gasteiger partial charge on any atom is 0.313 e. The lowest BCUT2D eigenvalue weighted by Gasteiger charge is -2.14. The van der Waals surface area contributed by atoms with E-state index < -0.39 is 5.97 Å². The van der Waals surface area contributed by atoms with Crippen molar-refractivity contribution in [3.8, 4) is 0 Å². The fourth-order valence-electron chi connectivity index (χ4n) is 1.59. The van der Waals surface area contributed by atoms with E-state index in [2.05, 4.69) is 21.7 Å². The van der Waals surface area contributed by atoms with E-state index in [-0.39, 0.29) is 11.3 Å². The van der Waals surface area contributed by atoms with E-state index in [9.17, 15) is 4.79 Å². The smallest absolute Gasteiger partial charge is 0.313 e. The molecule has 0 bridgehead atoms. The van der Waals surface area contributed by atoms with E-state index >= 15 is 0 Å². The topological polar surface area (TPSA) is 68.0 Å². The van der Waals surface area contributed by atoms with Gasteiger partial charge in [0.25, 0.3) is 0 Å². The molecule has 1 N–H and O–H groups in total. The minimum absolute atomic E-state index is 0.0359. The van der Waals surface area contributed by atoms with Gasteiger partial charge in [0.15, 0.2) is 5.16 Å². The summed E-state index contributed by atoms with van der Waals surface area (Å²) in [7, 11) is 0. The number of nitrogens with zero attached hydrogens (tertiary/aromatic N) is 3. The third-order valence-electron chi connectivity index (χ3n) is 2.63. The molecule has 0 unspecified atom stereocenters. The number of thioether (sulfide) groups is 1. The molecule has 0 spiro atoms. The average molecular weight is 227 g/mol. The molecule has 0 aromatic carbocycles. The summed E-state index contributed by atoms with van der Waals surface area (Å²) in [5.74, 6) is 0.0739. The number of aryl methyl sites for hydroxylation is 1. The van der Waals surface area contributed by atoms with Gasteiger partial charge in [0, 0.05) is 5.54 Å². The molecule has 6 heteroatoms. The zero-order valence-electron chi connectivity index (χ0n) is 8.73. The number of carboxylic acid groups (broad SMARTS) is 1. The number of rotatable bonds is 4. The molecule has 0 atom stereocenters.